The zero-order valence-electron chi connectivity index (χ0n) is 12.4. The third-order valence-electron chi connectivity index (χ3n) is 3.18. The maximum absolute atomic E-state index is 11.0. The standard InChI is InChI=1S/C16H17N3O2S/c1-11(2)12-7-9-13(10-8-12)17-16(22)18-14-5-3-4-6-15(14)19(20)21/h3-11H,1-2H3,(H2,17,18,22). The zero-order chi connectivity index (χ0) is 16.1. The Morgan fingerprint density at radius 1 is 1.09 bits per heavy atom. The van der Waals surface area contributed by atoms with E-state index in [1.165, 1.54) is 11.6 Å². The van der Waals surface area contributed by atoms with Gasteiger partial charge in [-0.05, 0) is 41.9 Å². The van der Waals surface area contributed by atoms with Crippen LogP contribution < -0.4 is 10.6 Å². The number of para-hydroxylation sites is 2. The molecular formula is C16H17N3O2S. The number of rotatable bonds is 4. The van der Waals surface area contributed by atoms with Gasteiger partial charge in [0.2, 0.25) is 0 Å². The SMILES string of the molecule is CC(C)c1ccc(NC(=S)Nc2ccccc2[N+](=O)[O-])cc1. The summed E-state index contributed by atoms with van der Waals surface area (Å²) in [6.45, 7) is 4.26. The average Bonchev–Trinajstić information content (AvgIpc) is 2.48. The van der Waals surface area contributed by atoms with E-state index in [1.54, 1.807) is 18.2 Å². The molecule has 0 atom stereocenters. The highest BCUT2D eigenvalue weighted by atomic mass is 32.1. The number of anilines is 2. The van der Waals surface area contributed by atoms with Gasteiger partial charge in [0, 0.05) is 11.8 Å². The lowest BCUT2D eigenvalue weighted by Gasteiger charge is -2.12. The molecule has 2 N–H and O–H groups in total. The summed E-state index contributed by atoms with van der Waals surface area (Å²) < 4.78 is 0. The maximum Gasteiger partial charge on any atom is 0.292 e. The molecule has 0 fully saturated rings. The lowest BCUT2D eigenvalue weighted by Crippen LogP contribution is -2.19. The molecule has 2 aromatic rings. The Morgan fingerprint density at radius 3 is 2.32 bits per heavy atom. The minimum atomic E-state index is -0.442. The second kappa shape index (κ2) is 7.00. The van der Waals surface area contributed by atoms with Crippen LogP contribution in [-0.4, -0.2) is 10.0 Å². The smallest absolute Gasteiger partial charge is 0.292 e. The molecule has 0 aliphatic rings. The van der Waals surface area contributed by atoms with Crippen LogP contribution in [0.2, 0.25) is 0 Å². The Kier molecular flexibility index (Phi) is 5.06. The predicted octanol–water partition coefficient (Wildman–Crippen LogP) is 4.53. The number of benzene rings is 2. The van der Waals surface area contributed by atoms with Crippen molar-refractivity contribution < 1.29 is 4.92 Å². The summed E-state index contributed by atoms with van der Waals surface area (Å²) in [5, 5.41) is 17.2. The average molecular weight is 315 g/mol. The fraction of sp³-hybridized carbons (Fsp3) is 0.188. The second-order valence-corrected chi connectivity index (χ2v) is 5.54. The van der Waals surface area contributed by atoms with Crippen molar-refractivity contribution in [2.75, 3.05) is 10.6 Å². The molecule has 0 amide bonds. The van der Waals surface area contributed by atoms with Crippen LogP contribution in [0.15, 0.2) is 48.5 Å². The molecule has 0 bridgehead atoms. The van der Waals surface area contributed by atoms with Crippen molar-refractivity contribution in [2.24, 2.45) is 0 Å². The largest absolute Gasteiger partial charge is 0.332 e. The number of hydrogen-bond donors (Lipinski definition) is 2. The Labute approximate surface area is 134 Å². The van der Waals surface area contributed by atoms with Gasteiger partial charge in [0.05, 0.1) is 4.92 Å². The van der Waals surface area contributed by atoms with Crippen LogP contribution in [0.1, 0.15) is 25.3 Å². The van der Waals surface area contributed by atoms with E-state index in [1.807, 2.05) is 24.3 Å². The first-order valence-corrected chi connectivity index (χ1v) is 7.29. The molecule has 0 aliphatic heterocycles. The third kappa shape index (κ3) is 4.02. The minimum absolute atomic E-state index is 0.0122. The molecule has 0 aliphatic carbocycles. The highest BCUT2D eigenvalue weighted by Crippen LogP contribution is 2.23. The van der Waals surface area contributed by atoms with Crippen LogP contribution in [0.3, 0.4) is 0 Å². The Bertz CT molecular complexity index is 684. The van der Waals surface area contributed by atoms with Gasteiger partial charge in [-0.15, -0.1) is 0 Å². The number of nitrogens with zero attached hydrogens (tertiary/aromatic N) is 1. The van der Waals surface area contributed by atoms with Gasteiger partial charge in [-0.1, -0.05) is 38.1 Å². The van der Waals surface area contributed by atoms with E-state index in [-0.39, 0.29) is 5.69 Å². The first-order chi connectivity index (χ1) is 10.5. The molecule has 0 spiro atoms. The van der Waals surface area contributed by atoms with Crippen LogP contribution in [0, 0.1) is 10.1 Å². The molecule has 0 radical (unpaired) electrons. The van der Waals surface area contributed by atoms with Crippen molar-refractivity contribution in [1.82, 2.24) is 0 Å². The molecule has 2 rings (SSSR count). The van der Waals surface area contributed by atoms with Gasteiger partial charge >= 0.3 is 0 Å². The van der Waals surface area contributed by atoms with Gasteiger partial charge < -0.3 is 10.6 Å². The fourth-order valence-corrected chi connectivity index (χ4v) is 2.20. The van der Waals surface area contributed by atoms with Crippen molar-refractivity contribution in [1.29, 1.82) is 0 Å². The normalized spacial score (nSPS) is 10.3. The van der Waals surface area contributed by atoms with Gasteiger partial charge in [-0.2, -0.15) is 0 Å². The van der Waals surface area contributed by atoms with Gasteiger partial charge in [0.25, 0.3) is 5.69 Å². The molecular weight excluding hydrogens is 298 g/mol. The summed E-state index contributed by atoms with van der Waals surface area (Å²) >= 11 is 5.20. The highest BCUT2D eigenvalue weighted by Gasteiger charge is 2.13. The van der Waals surface area contributed by atoms with Crippen molar-refractivity contribution in [3.8, 4) is 0 Å². The highest BCUT2D eigenvalue weighted by molar-refractivity contribution is 7.80. The van der Waals surface area contributed by atoms with Crippen molar-refractivity contribution >= 4 is 34.4 Å². The molecule has 5 nitrogen and oxygen atoms in total. The van der Waals surface area contributed by atoms with Gasteiger partial charge in [-0.25, -0.2) is 0 Å². The number of hydrogen-bond acceptors (Lipinski definition) is 3. The van der Waals surface area contributed by atoms with Crippen molar-refractivity contribution in [2.45, 2.75) is 19.8 Å². The summed E-state index contributed by atoms with van der Waals surface area (Å²) in [7, 11) is 0. The lowest BCUT2D eigenvalue weighted by molar-refractivity contribution is -0.383. The van der Waals surface area contributed by atoms with E-state index in [2.05, 4.69) is 24.5 Å². The van der Waals surface area contributed by atoms with Crippen LogP contribution in [-0.2, 0) is 0 Å². The van der Waals surface area contributed by atoms with Gasteiger partial charge in [0.1, 0.15) is 5.69 Å². The van der Waals surface area contributed by atoms with Crippen LogP contribution in [0.5, 0.6) is 0 Å². The van der Waals surface area contributed by atoms with E-state index in [0.29, 0.717) is 16.7 Å². The molecule has 0 heterocycles. The molecule has 114 valence electrons. The van der Waals surface area contributed by atoms with Gasteiger partial charge in [0.15, 0.2) is 5.11 Å². The summed E-state index contributed by atoms with van der Waals surface area (Å²) in [6.07, 6.45) is 0. The van der Waals surface area contributed by atoms with Crippen LogP contribution in [0.4, 0.5) is 17.1 Å². The van der Waals surface area contributed by atoms with E-state index in [4.69, 9.17) is 12.2 Å². The van der Waals surface area contributed by atoms with E-state index < -0.39 is 4.92 Å². The summed E-state index contributed by atoms with van der Waals surface area (Å²) in [4.78, 5) is 10.5. The summed E-state index contributed by atoms with van der Waals surface area (Å²) in [5.74, 6) is 0.464. The minimum Gasteiger partial charge on any atom is -0.332 e. The lowest BCUT2D eigenvalue weighted by atomic mass is 10.0. The van der Waals surface area contributed by atoms with Crippen LogP contribution in [0.25, 0.3) is 0 Å². The maximum atomic E-state index is 11.0. The van der Waals surface area contributed by atoms with Gasteiger partial charge in [-0.3, -0.25) is 10.1 Å². The second-order valence-electron chi connectivity index (χ2n) is 5.13. The monoisotopic (exact) mass is 315 g/mol. The first-order valence-electron chi connectivity index (χ1n) is 6.88. The Balaban J connectivity index is 2.06. The van der Waals surface area contributed by atoms with E-state index >= 15 is 0 Å². The third-order valence-corrected chi connectivity index (χ3v) is 3.39. The molecule has 0 aromatic heterocycles. The zero-order valence-corrected chi connectivity index (χ0v) is 13.2. The molecule has 0 saturated carbocycles. The topological polar surface area (TPSA) is 67.2 Å². The number of thiocarbonyl (C=S) groups is 1. The molecule has 2 aromatic carbocycles. The van der Waals surface area contributed by atoms with E-state index in [9.17, 15) is 10.1 Å². The Hall–Kier alpha value is -2.47. The summed E-state index contributed by atoms with van der Waals surface area (Å²) in [6, 6.07) is 14.3. The molecule has 0 saturated heterocycles. The quantitative estimate of drug-likeness (QED) is 0.493. The predicted molar refractivity (Wildman–Crippen MR) is 93.5 cm³/mol. The molecule has 6 heteroatoms. The van der Waals surface area contributed by atoms with Crippen LogP contribution >= 0.6 is 12.2 Å². The van der Waals surface area contributed by atoms with Crippen molar-refractivity contribution in [3.05, 3.63) is 64.2 Å². The van der Waals surface area contributed by atoms with E-state index in [0.717, 1.165) is 5.69 Å². The first kappa shape index (κ1) is 15.9. The fourth-order valence-electron chi connectivity index (χ4n) is 1.97. The molecule has 22 heavy (non-hydrogen) atoms. The summed E-state index contributed by atoms with van der Waals surface area (Å²) in [5.41, 5.74) is 2.43. The number of nitro benzene ring substituents is 1. The Morgan fingerprint density at radius 2 is 1.73 bits per heavy atom. The number of nitro groups is 1. The van der Waals surface area contributed by atoms with Crippen molar-refractivity contribution in [3.63, 3.8) is 0 Å². The number of nitrogens with one attached hydrogen (secondary N) is 2. The molecule has 0 unspecified atom stereocenters.